The molecule has 7 heteroatoms. The van der Waals surface area contributed by atoms with E-state index in [1.807, 2.05) is 31.5 Å². The van der Waals surface area contributed by atoms with Crippen LogP contribution in [0.3, 0.4) is 0 Å². The third-order valence-electron chi connectivity index (χ3n) is 7.50. The van der Waals surface area contributed by atoms with Crippen LogP contribution in [0.15, 0.2) is 30.6 Å². The van der Waals surface area contributed by atoms with Gasteiger partial charge >= 0.3 is 0 Å². The summed E-state index contributed by atoms with van der Waals surface area (Å²) >= 11 is 0. The predicted octanol–water partition coefficient (Wildman–Crippen LogP) is 4.44. The van der Waals surface area contributed by atoms with Crippen LogP contribution in [0.5, 0.6) is 11.5 Å². The van der Waals surface area contributed by atoms with Crippen LogP contribution in [0.2, 0.25) is 0 Å². The summed E-state index contributed by atoms with van der Waals surface area (Å²) in [6, 6.07) is 6.21. The van der Waals surface area contributed by atoms with Crippen LogP contribution in [0.4, 0.5) is 0 Å². The number of nitrogens with one attached hydrogen (secondary N) is 1. The largest absolute Gasteiger partial charge is 0.490 e. The Morgan fingerprint density at radius 1 is 1.36 bits per heavy atom. The molecule has 4 heterocycles. The minimum atomic E-state index is -0.413. The van der Waals surface area contributed by atoms with Crippen molar-refractivity contribution < 1.29 is 19.0 Å². The van der Waals surface area contributed by atoms with Gasteiger partial charge in [0.2, 0.25) is 5.91 Å². The van der Waals surface area contributed by atoms with Crippen molar-refractivity contribution in [2.24, 2.45) is 5.92 Å². The molecule has 0 saturated carbocycles. The monoisotopic (exact) mass is 453 g/mol. The first-order chi connectivity index (χ1) is 16.0. The molecule has 178 valence electrons. The quantitative estimate of drug-likeness (QED) is 0.700. The van der Waals surface area contributed by atoms with E-state index in [2.05, 4.69) is 35.0 Å². The molecular formula is C26H35N3O4. The molecule has 3 aliphatic rings. The molecule has 0 unspecified atom stereocenters. The molecule has 1 aromatic heterocycles. The second-order valence-corrected chi connectivity index (χ2v) is 10.0. The van der Waals surface area contributed by atoms with E-state index < -0.39 is 5.60 Å². The summed E-state index contributed by atoms with van der Waals surface area (Å²) in [6.45, 7) is 7.68. The lowest BCUT2D eigenvalue weighted by molar-refractivity contribution is -0.193. The van der Waals surface area contributed by atoms with E-state index in [1.165, 1.54) is 0 Å². The number of ether oxygens (including phenoxy) is 3. The number of benzene rings is 1. The molecule has 1 N–H and O–H groups in total. The number of H-pyrrole nitrogens is 1. The molecule has 3 aliphatic heterocycles. The van der Waals surface area contributed by atoms with Crippen LogP contribution in [0.1, 0.15) is 70.1 Å². The number of likely N-dealkylation sites (tertiary alicyclic amines) is 1. The Morgan fingerprint density at radius 3 is 3.03 bits per heavy atom. The minimum Gasteiger partial charge on any atom is -0.490 e. The number of piperidine rings is 1. The Morgan fingerprint density at radius 2 is 2.24 bits per heavy atom. The van der Waals surface area contributed by atoms with Crippen LogP contribution in [0.25, 0.3) is 0 Å². The van der Waals surface area contributed by atoms with E-state index in [9.17, 15) is 4.79 Å². The number of hydrogen-bond acceptors (Lipinski definition) is 5. The maximum Gasteiger partial charge on any atom is 0.222 e. The van der Waals surface area contributed by atoms with E-state index in [0.29, 0.717) is 13.0 Å². The summed E-state index contributed by atoms with van der Waals surface area (Å²) in [4.78, 5) is 15.3. The molecule has 2 saturated heterocycles. The zero-order valence-corrected chi connectivity index (χ0v) is 19.9. The van der Waals surface area contributed by atoms with E-state index in [-0.39, 0.29) is 30.1 Å². The van der Waals surface area contributed by atoms with Gasteiger partial charge < -0.3 is 19.1 Å². The highest BCUT2D eigenvalue weighted by atomic mass is 16.5. The molecule has 2 aromatic rings. The lowest BCUT2D eigenvalue weighted by Gasteiger charge is -2.54. The average molecular weight is 454 g/mol. The summed E-state index contributed by atoms with van der Waals surface area (Å²) in [6.07, 6.45) is 8.89. The minimum absolute atomic E-state index is 0.0402. The van der Waals surface area contributed by atoms with E-state index in [0.717, 1.165) is 61.3 Å². The van der Waals surface area contributed by atoms with Crippen molar-refractivity contribution in [2.75, 3.05) is 13.2 Å². The molecule has 2 fully saturated rings. The highest BCUT2D eigenvalue weighted by Crippen LogP contribution is 2.54. The van der Waals surface area contributed by atoms with Crippen molar-refractivity contribution >= 4 is 5.91 Å². The number of carbonyl (C=O) groups excluding carboxylic acids is 1. The zero-order valence-electron chi connectivity index (χ0n) is 19.9. The fourth-order valence-electron chi connectivity index (χ4n) is 5.85. The zero-order chi connectivity index (χ0) is 23.0. The first kappa shape index (κ1) is 22.3. The van der Waals surface area contributed by atoms with Crippen LogP contribution >= 0.6 is 0 Å². The van der Waals surface area contributed by atoms with Crippen molar-refractivity contribution in [3.8, 4) is 11.5 Å². The molecule has 4 atom stereocenters. The fraction of sp³-hybridized carbons (Fsp3) is 0.615. The number of carbonyl (C=O) groups is 1. The second kappa shape index (κ2) is 9.01. The van der Waals surface area contributed by atoms with Crippen LogP contribution in [-0.4, -0.2) is 51.9 Å². The molecule has 0 spiro atoms. The van der Waals surface area contributed by atoms with Gasteiger partial charge in [-0.25, -0.2) is 0 Å². The molecule has 5 rings (SSSR count). The Bertz CT molecular complexity index is 974. The Labute approximate surface area is 195 Å². The topological polar surface area (TPSA) is 76.7 Å². The number of para-hydroxylation sites is 1. The smallest absolute Gasteiger partial charge is 0.222 e. The van der Waals surface area contributed by atoms with E-state index >= 15 is 0 Å². The van der Waals surface area contributed by atoms with Crippen molar-refractivity contribution in [3.63, 3.8) is 0 Å². The van der Waals surface area contributed by atoms with Gasteiger partial charge in [0.25, 0.3) is 0 Å². The number of hydrogen-bond donors (Lipinski definition) is 1. The lowest BCUT2D eigenvalue weighted by Crippen LogP contribution is -2.60. The van der Waals surface area contributed by atoms with Crippen molar-refractivity contribution in [1.29, 1.82) is 0 Å². The summed E-state index contributed by atoms with van der Waals surface area (Å²) in [5, 5.41) is 6.83. The van der Waals surface area contributed by atoms with Gasteiger partial charge in [0.05, 0.1) is 31.1 Å². The number of aryl methyl sites for hydroxylation is 1. The van der Waals surface area contributed by atoms with Gasteiger partial charge in [-0.3, -0.25) is 9.89 Å². The van der Waals surface area contributed by atoms with Gasteiger partial charge in [-0.05, 0) is 64.5 Å². The summed E-state index contributed by atoms with van der Waals surface area (Å²) in [7, 11) is 0. The van der Waals surface area contributed by atoms with Crippen LogP contribution in [-0.2, 0) is 16.0 Å². The predicted molar refractivity (Wildman–Crippen MR) is 124 cm³/mol. The fourth-order valence-corrected chi connectivity index (χ4v) is 5.85. The number of fused-ring (bicyclic) bond motifs is 4. The number of aromatic amines is 1. The van der Waals surface area contributed by atoms with Crippen LogP contribution < -0.4 is 9.47 Å². The van der Waals surface area contributed by atoms with Gasteiger partial charge in [-0.15, -0.1) is 0 Å². The summed E-state index contributed by atoms with van der Waals surface area (Å²) in [5.74, 6) is 2.00. The number of nitrogens with zero attached hydrogens (tertiary/aromatic N) is 2. The van der Waals surface area contributed by atoms with Gasteiger partial charge in [0.15, 0.2) is 11.5 Å². The highest BCUT2D eigenvalue weighted by molar-refractivity contribution is 5.76. The summed E-state index contributed by atoms with van der Waals surface area (Å²) < 4.78 is 19.2. The highest BCUT2D eigenvalue weighted by Gasteiger charge is 2.53. The van der Waals surface area contributed by atoms with Gasteiger partial charge in [-0.2, -0.15) is 5.10 Å². The van der Waals surface area contributed by atoms with Gasteiger partial charge in [0, 0.05) is 30.6 Å². The Kier molecular flexibility index (Phi) is 6.08. The number of amides is 1. The van der Waals surface area contributed by atoms with Crippen molar-refractivity contribution in [2.45, 2.75) is 83.1 Å². The van der Waals surface area contributed by atoms with Crippen molar-refractivity contribution in [1.82, 2.24) is 15.1 Å². The summed E-state index contributed by atoms with van der Waals surface area (Å²) in [5.41, 5.74) is 1.81. The molecule has 1 aromatic carbocycles. The second-order valence-electron chi connectivity index (χ2n) is 10.0. The Balaban J connectivity index is 1.33. The lowest BCUT2D eigenvalue weighted by atomic mass is 9.72. The SMILES string of the molecule is CCOc1cccc2c1OC(C)(C)[C@H]1C[C@H]3[C@H](CCCN3C(=O)CCCc3cn[nH]c3)O[C@H]21. The molecule has 1 amide bonds. The van der Waals surface area contributed by atoms with Gasteiger partial charge in [-0.1, -0.05) is 12.1 Å². The third-order valence-corrected chi connectivity index (χ3v) is 7.50. The molecule has 0 radical (unpaired) electrons. The average Bonchev–Trinajstić information content (AvgIpc) is 3.32. The normalized spacial score (nSPS) is 27.7. The molecule has 0 bridgehead atoms. The first-order valence-corrected chi connectivity index (χ1v) is 12.3. The molecular weight excluding hydrogens is 418 g/mol. The first-order valence-electron chi connectivity index (χ1n) is 12.3. The molecule has 7 nitrogen and oxygen atoms in total. The van der Waals surface area contributed by atoms with E-state index in [1.54, 1.807) is 0 Å². The standard InChI is InChI=1S/C26H35N3O4/c1-4-31-22-10-6-9-18-24-19(26(2,3)33-25(18)22)14-20-21(32-24)11-7-13-29(20)23(30)12-5-8-17-15-27-28-16-17/h6,9-10,15-16,19-21,24H,4-5,7-8,11-14H2,1-3H3,(H,27,28)/t19-,20-,21-,24+/m0/s1. The Hall–Kier alpha value is -2.54. The molecule has 0 aliphatic carbocycles. The molecule has 33 heavy (non-hydrogen) atoms. The number of aromatic nitrogens is 2. The maximum atomic E-state index is 13.2. The van der Waals surface area contributed by atoms with E-state index in [4.69, 9.17) is 14.2 Å². The number of rotatable bonds is 6. The van der Waals surface area contributed by atoms with Gasteiger partial charge in [0.1, 0.15) is 5.60 Å². The van der Waals surface area contributed by atoms with Crippen LogP contribution in [0, 0.1) is 5.92 Å². The third kappa shape index (κ3) is 4.23. The maximum absolute atomic E-state index is 13.2. The van der Waals surface area contributed by atoms with Crippen molar-refractivity contribution in [3.05, 3.63) is 41.7 Å².